The minimum absolute atomic E-state index is 0. The molecule has 0 saturated carbocycles. The summed E-state index contributed by atoms with van der Waals surface area (Å²) in [6, 6.07) is 0.536. The molecule has 2 aromatic rings. The van der Waals surface area contributed by atoms with Gasteiger partial charge in [-0.2, -0.15) is 10.1 Å². The van der Waals surface area contributed by atoms with Gasteiger partial charge < -0.3 is 20.5 Å². The first kappa shape index (κ1) is 19.3. The van der Waals surface area contributed by atoms with Crippen molar-refractivity contribution in [3.05, 3.63) is 24.2 Å². The van der Waals surface area contributed by atoms with Crippen LogP contribution in [0.4, 0.5) is 17.5 Å². The molecule has 142 valence electrons. The van der Waals surface area contributed by atoms with Crippen molar-refractivity contribution in [2.45, 2.75) is 25.8 Å². The highest BCUT2D eigenvalue weighted by Crippen LogP contribution is 2.17. The fraction of sp³-hybridized carbons (Fsp3) is 0.533. The molecule has 1 unspecified atom stereocenters. The highest BCUT2D eigenvalue weighted by Gasteiger charge is 2.14. The van der Waals surface area contributed by atoms with Gasteiger partial charge in [0.15, 0.2) is 0 Å². The van der Waals surface area contributed by atoms with Gasteiger partial charge in [0, 0.05) is 40.4 Å². The fourth-order valence-corrected chi connectivity index (χ4v) is 2.45. The van der Waals surface area contributed by atoms with E-state index in [0.717, 1.165) is 36.4 Å². The topological polar surface area (TPSA) is 120 Å². The zero-order chi connectivity index (χ0) is 18.2. The molecule has 0 radical (unpaired) electrons. The van der Waals surface area contributed by atoms with E-state index in [2.05, 4.69) is 31.0 Å². The van der Waals surface area contributed by atoms with Crippen LogP contribution in [0.25, 0.3) is 0 Å². The molecule has 2 aromatic heterocycles. The lowest BCUT2D eigenvalue weighted by Crippen LogP contribution is -2.29. The summed E-state index contributed by atoms with van der Waals surface area (Å²) in [5.41, 5.74) is 1.93. The van der Waals surface area contributed by atoms with Crippen molar-refractivity contribution < 1.29 is 11.6 Å². The van der Waals surface area contributed by atoms with Crippen LogP contribution in [0.15, 0.2) is 18.6 Å². The molecule has 9 nitrogen and oxygen atoms in total. The van der Waals surface area contributed by atoms with Crippen LogP contribution in [0, 0.1) is 6.92 Å². The lowest BCUT2D eigenvalue weighted by Gasteiger charge is -2.14. The van der Waals surface area contributed by atoms with Gasteiger partial charge in [0.25, 0.3) is 0 Å². The lowest BCUT2D eigenvalue weighted by atomic mass is 10.2. The summed E-state index contributed by atoms with van der Waals surface area (Å²) < 4.78 is 19.7. The maximum Gasteiger partial charge on any atom is 0.229 e. The molecule has 25 heavy (non-hydrogen) atoms. The molecule has 0 bridgehead atoms. The number of rotatable bonds is 5. The van der Waals surface area contributed by atoms with E-state index in [1.54, 1.807) is 10.9 Å². The van der Waals surface area contributed by atoms with Crippen LogP contribution in [0.2, 0.25) is 0 Å². The highest BCUT2D eigenvalue weighted by molar-refractivity contribution is 7.78. The summed E-state index contributed by atoms with van der Waals surface area (Å²) in [5, 5.41) is 14.2. The van der Waals surface area contributed by atoms with Gasteiger partial charge >= 0.3 is 0 Å². The number of aromatic nitrogens is 4. The monoisotopic (exact) mass is 370 g/mol. The second-order valence-electron chi connectivity index (χ2n) is 5.83. The van der Waals surface area contributed by atoms with Gasteiger partial charge in [0.2, 0.25) is 5.95 Å². The fourth-order valence-electron chi connectivity index (χ4n) is 2.45. The Morgan fingerprint density at radius 2 is 2.28 bits per heavy atom. The zero-order valence-corrected chi connectivity index (χ0v) is 15.5. The average Bonchev–Trinajstić information content (AvgIpc) is 3.19. The van der Waals surface area contributed by atoms with E-state index in [9.17, 15) is 0 Å². The SMILES string of the molecule is CS(=O)[O-].Cc1cnc(Nc2cnn(C)c2)nc1NC[C@H]1CCCN1.[HH].[HH]. The molecule has 0 amide bonds. The molecule has 2 atom stereocenters. The quantitative estimate of drug-likeness (QED) is 0.676. The Morgan fingerprint density at radius 3 is 2.88 bits per heavy atom. The van der Waals surface area contributed by atoms with E-state index in [1.165, 1.54) is 12.8 Å². The van der Waals surface area contributed by atoms with Gasteiger partial charge in [0.05, 0.1) is 11.9 Å². The number of hydrogen-bond acceptors (Lipinski definition) is 8. The molecule has 0 aromatic carbocycles. The smallest absolute Gasteiger partial charge is 0.229 e. The molecule has 10 heteroatoms. The largest absolute Gasteiger partial charge is 0.773 e. The van der Waals surface area contributed by atoms with Crippen molar-refractivity contribution in [3.63, 3.8) is 0 Å². The van der Waals surface area contributed by atoms with Crippen molar-refractivity contribution in [2.24, 2.45) is 7.05 Å². The first-order chi connectivity index (χ1) is 11.9. The van der Waals surface area contributed by atoms with E-state index in [4.69, 9.17) is 8.76 Å². The van der Waals surface area contributed by atoms with Crippen LogP contribution in [0.5, 0.6) is 0 Å². The van der Waals surface area contributed by atoms with Crippen molar-refractivity contribution in [2.75, 3.05) is 30.0 Å². The van der Waals surface area contributed by atoms with E-state index in [0.29, 0.717) is 12.0 Å². The molecule has 3 rings (SSSR count). The molecule has 1 saturated heterocycles. The second kappa shape index (κ2) is 9.44. The Balaban J connectivity index is 0.00000103. The summed E-state index contributed by atoms with van der Waals surface area (Å²) in [5.74, 6) is 1.46. The zero-order valence-electron chi connectivity index (χ0n) is 14.7. The number of anilines is 3. The minimum Gasteiger partial charge on any atom is -0.773 e. The third kappa shape index (κ3) is 6.77. The standard InChI is InChI=1S/C14H21N7.CH4O2S.2H2/c1-10-6-17-14(19-12-8-18-21(2)9-12)20-13(10)16-7-11-4-3-5-15-11;1-4(2)3;;/h6,8-9,11,15H,3-5,7H2,1-2H3,(H2,16,17,19,20);1H3,(H,2,3);2*1H/p-1/t11-;;;/m1.../s1. The maximum absolute atomic E-state index is 9.00. The van der Waals surface area contributed by atoms with Gasteiger partial charge in [-0.3, -0.25) is 8.89 Å². The Morgan fingerprint density at radius 1 is 1.52 bits per heavy atom. The first-order valence-corrected chi connectivity index (χ1v) is 9.50. The molecule has 3 N–H and O–H groups in total. The van der Waals surface area contributed by atoms with E-state index in [1.807, 2.05) is 26.4 Å². The third-order valence-corrected chi connectivity index (χ3v) is 3.61. The molecule has 0 spiro atoms. The van der Waals surface area contributed by atoms with Crippen LogP contribution in [-0.4, -0.2) is 53.9 Å². The Kier molecular flexibility index (Phi) is 7.29. The predicted molar refractivity (Wildman–Crippen MR) is 102 cm³/mol. The minimum atomic E-state index is -1.86. The summed E-state index contributed by atoms with van der Waals surface area (Å²) in [6.45, 7) is 4.02. The number of aryl methyl sites for hydroxylation is 2. The summed E-state index contributed by atoms with van der Waals surface area (Å²) in [7, 11) is 1.88. The molecular weight excluding hydrogens is 342 g/mol. The van der Waals surface area contributed by atoms with Gasteiger partial charge in [-0.15, -0.1) is 0 Å². The van der Waals surface area contributed by atoms with E-state index in [-0.39, 0.29) is 2.85 Å². The van der Waals surface area contributed by atoms with Crippen molar-refractivity contribution in [1.29, 1.82) is 0 Å². The van der Waals surface area contributed by atoms with Crippen LogP contribution < -0.4 is 16.0 Å². The van der Waals surface area contributed by atoms with Gasteiger partial charge in [0.1, 0.15) is 5.82 Å². The lowest BCUT2D eigenvalue weighted by molar-refractivity contribution is 0.543. The third-order valence-electron chi connectivity index (χ3n) is 3.61. The second-order valence-corrected chi connectivity index (χ2v) is 6.63. The summed E-state index contributed by atoms with van der Waals surface area (Å²) >= 11 is -1.86. The summed E-state index contributed by atoms with van der Waals surface area (Å²) in [6.07, 6.45) is 9.02. The molecule has 3 heterocycles. The van der Waals surface area contributed by atoms with Gasteiger partial charge in [-0.25, -0.2) is 4.98 Å². The Bertz CT molecular complexity index is 707. The normalized spacial score (nSPS) is 17.5. The Hall–Kier alpha value is -2.04. The molecule has 0 aliphatic carbocycles. The van der Waals surface area contributed by atoms with Crippen molar-refractivity contribution >= 4 is 28.5 Å². The number of nitrogens with one attached hydrogen (secondary N) is 3. The molecular formula is C15H28N7O2S-. The highest BCUT2D eigenvalue weighted by atomic mass is 32.2. The van der Waals surface area contributed by atoms with Crippen LogP contribution >= 0.6 is 0 Å². The first-order valence-electron chi connectivity index (χ1n) is 8.01. The van der Waals surface area contributed by atoms with Crippen LogP contribution in [0.3, 0.4) is 0 Å². The molecule has 1 aliphatic rings. The number of hydrogen-bond donors (Lipinski definition) is 3. The van der Waals surface area contributed by atoms with E-state index >= 15 is 0 Å². The number of nitrogens with zero attached hydrogens (tertiary/aromatic N) is 4. The molecule has 1 fully saturated rings. The van der Waals surface area contributed by atoms with Crippen molar-refractivity contribution in [3.8, 4) is 0 Å². The van der Waals surface area contributed by atoms with E-state index < -0.39 is 11.1 Å². The van der Waals surface area contributed by atoms with Gasteiger partial charge in [-0.1, -0.05) is 11.1 Å². The summed E-state index contributed by atoms with van der Waals surface area (Å²) in [4.78, 5) is 8.85. The predicted octanol–water partition coefficient (Wildman–Crippen LogP) is 1.41. The maximum atomic E-state index is 9.00. The molecule has 1 aliphatic heterocycles. The van der Waals surface area contributed by atoms with Crippen LogP contribution in [0.1, 0.15) is 21.3 Å². The average molecular weight is 371 g/mol. The Labute approximate surface area is 152 Å². The van der Waals surface area contributed by atoms with Crippen molar-refractivity contribution in [1.82, 2.24) is 25.1 Å². The van der Waals surface area contributed by atoms with Crippen LogP contribution in [-0.2, 0) is 18.1 Å². The van der Waals surface area contributed by atoms with Gasteiger partial charge in [-0.05, 0) is 32.6 Å².